The summed E-state index contributed by atoms with van der Waals surface area (Å²) >= 11 is 0. The van der Waals surface area contributed by atoms with Crippen LogP contribution in [0.1, 0.15) is 56.1 Å². The zero-order valence-electron chi connectivity index (χ0n) is 17.3. The first kappa shape index (κ1) is 20.7. The third kappa shape index (κ3) is 4.32. The van der Waals surface area contributed by atoms with Gasteiger partial charge in [0.05, 0.1) is 5.69 Å². The van der Waals surface area contributed by atoms with Gasteiger partial charge in [-0.3, -0.25) is 14.2 Å². The molecule has 3 aromatic rings. The third-order valence-electron chi connectivity index (χ3n) is 5.40. The number of benzene rings is 1. The fraction of sp³-hybridized carbons (Fsp3) is 0.429. The van der Waals surface area contributed by atoms with E-state index in [0.717, 1.165) is 34.9 Å². The van der Waals surface area contributed by atoms with E-state index in [4.69, 9.17) is 4.52 Å². The largest absolute Gasteiger partial charge is 0.352 e. The Morgan fingerprint density at radius 2 is 1.84 bits per heavy atom. The van der Waals surface area contributed by atoms with Crippen molar-refractivity contribution in [3.05, 3.63) is 57.1 Å². The molecule has 4 rings (SSSR count). The van der Waals surface area contributed by atoms with E-state index in [0.29, 0.717) is 5.69 Å². The molecule has 0 atom stereocenters. The van der Waals surface area contributed by atoms with Gasteiger partial charge in [-0.1, -0.05) is 49.0 Å². The van der Waals surface area contributed by atoms with E-state index < -0.39 is 17.2 Å². The summed E-state index contributed by atoms with van der Waals surface area (Å²) < 4.78 is 7.26. The van der Waals surface area contributed by atoms with Crippen LogP contribution in [0.2, 0.25) is 0 Å². The highest BCUT2D eigenvalue weighted by Gasteiger charge is 2.24. The van der Waals surface area contributed by atoms with Crippen molar-refractivity contribution in [3.8, 4) is 17.2 Å². The van der Waals surface area contributed by atoms with Crippen molar-refractivity contribution in [3.63, 3.8) is 0 Å². The van der Waals surface area contributed by atoms with Crippen molar-refractivity contribution in [2.45, 2.75) is 58.0 Å². The average Bonchev–Trinajstić information content (AvgIpc) is 3.13. The number of nitrogens with one attached hydrogen (secondary N) is 1. The van der Waals surface area contributed by atoms with Gasteiger partial charge < -0.3 is 9.84 Å². The lowest BCUT2D eigenvalue weighted by Crippen LogP contribution is -2.41. The molecular weight excluding hydrogens is 400 g/mol. The summed E-state index contributed by atoms with van der Waals surface area (Å²) in [4.78, 5) is 42.1. The molecule has 10 nitrogen and oxygen atoms in total. The predicted octanol–water partition coefficient (Wildman–Crippen LogP) is 1.92. The molecule has 31 heavy (non-hydrogen) atoms. The fourth-order valence-corrected chi connectivity index (χ4v) is 3.75. The van der Waals surface area contributed by atoms with Crippen molar-refractivity contribution in [1.82, 2.24) is 29.8 Å². The lowest BCUT2D eigenvalue weighted by Gasteiger charge is -2.14. The van der Waals surface area contributed by atoms with Crippen LogP contribution in [-0.2, 0) is 6.54 Å². The van der Waals surface area contributed by atoms with Crippen LogP contribution in [-0.4, -0.2) is 36.4 Å². The highest BCUT2D eigenvalue weighted by atomic mass is 16.5. The minimum Gasteiger partial charge on any atom is -0.345 e. The van der Waals surface area contributed by atoms with E-state index >= 15 is 0 Å². The molecule has 0 aliphatic heterocycles. The number of nitrogens with zero attached hydrogens (tertiary/aromatic N) is 5. The Labute approximate surface area is 177 Å². The van der Waals surface area contributed by atoms with Gasteiger partial charge in [0.2, 0.25) is 5.82 Å². The Balaban J connectivity index is 1.67. The minimum absolute atomic E-state index is 0.0702. The maximum absolute atomic E-state index is 12.8. The normalized spacial score (nSPS) is 14.9. The van der Waals surface area contributed by atoms with Gasteiger partial charge in [0.1, 0.15) is 0 Å². The van der Waals surface area contributed by atoms with Crippen LogP contribution in [0.3, 0.4) is 0 Å². The van der Waals surface area contributed by atoms with Gasteiger partial charge in [-0.05, 0) is 31.9 Å². The second-order valence-corrected chi connectivity index (χ2v) is 7.51. The Kier molecular flexibility index (Phi) is 6.06. The Bertz CT molecular complexity index is 1170. The summed E-state index contributed by atoms with van der Waals surface area (Å²) in [6, 6.07) is 8.79. The van der Waals surface area contributed by atoms with E-state index in [1.165, 1.54) is 12.8 Å². The zero-order chi connectivity index (χ0) is 21.8. The summed E-state index contributed by atoms with van der Waals surface area (Å²) in [5.41, 5.74) is -0.887. The molecular formula is C21H24N6O4. The van der Waals surface area contributed by atoms with Crippen LogP contribution >= 0.6 is 0 Å². The van der Waals surface area contributed by atoms with Crippen LogP contribution in [0.25, 0.3) is 17.2 Å². The number of hydrogen-bond donors (Lipinski definition) is 1. The van der Waals surface area contributed by atoms with E-state index in [1.807, 2.05) is 6.07 Å². The molecule has 1 N–H and O–H groups in total. The van der Waals surface area contributed by atoms with Crippen LogP contribution < -0.4 is 16.6 Å². The van der Waals surface area contributed by atoms with Crippen LogP contribution in [0, 0.1) is 0 Å². The van der Waals surface area contributed by atoms with Gasteiger partial charge in [-0.25, -0.2) is 4.79 Å². The van der Waals surface area contributed by atoms with Crippen LogP contribution in [0.15, 0.2) is 44.4 Å². The predicted molar refractivity (Wildman–Crippen MR) is 112 cm³/mol. The molecule has 1 amide bonds. The molecule has 0 spiro atoms. The molecule has 2 aromatic heterocycles. The Morgan fingerprint density at radius 1 is 1.13 bits per heavy atom. The molecule has 2 heterocycles. The number of hydrogen-bond acceptors (Lipinski definition) is 7. The van der Waals surface area contributed by atoms with Crippen LogP contribution in [0.5, 0.6) is 0 Å². The topological polar surface area (TPSA) is 125 Å². The monoisotopic (exact) mass is 424 g/mol. The van der Waals surface area contributed by atoms with Gasteiger partial charge in [0, 0.05) is 12.6 Å². The van der Waals surface area contributed by atoms with Crippen molar-refractivity contribution >= 4 is 5.91 Å². The Morgan fingerprint density at radius 3 is 2.52 bits per heavy atom. The smallest absolute Gasteiger partial charge is 0.345 e. The molecule has 1 aromatic carbocycles. The van der Waals surface area contributed by atoms with Crippen molar-refractivity contribution < 1.29 is 9.32 Å². The van der Waals surface area contributed by atoms with E-state index in [-0.39, 0.29) is 30.0 Å². The van der Waals surface area contributed by atoms with E-state index in [2.05, 4.69) is 20.6 Å². The van der Waals surface area contributed by atoms with Gasteiger partial charge >= 0.3 is 17.5 Å². The molecule has 0 bridgehead atoms. The van der Waals surface area contributed by atoms with Crippen molar-refractivity contribution in [2.24, 2.45) is 0 Å². The summed E-state index contributed by atoms with van der Waals surface area (Å²) in [6.07, 6.45) is 6.31. The first-order valence-electron chi connectivity index (χ1n) is 10.5. The summed E-state index contributed by atoms with van der Waals surface area (Å²) in [6.45, 7) is 1.83. The molecule has 1 saturated carbocycles. The number of amides is 1. The number of carbonyl (C=O) groups excluding carboxylic acids is 1. The van der Waals surface area contributed by atoms with Gasteiger partial charge in [0.25, 0.3) is 5.56 Å². The number of para-hydroxylation sites is 1. The summed E-state index contributed by atoms with van der Waals surface area (Å²) in [5.74, 6) is -0.846. The molecule has 0 saturated heterocycles. The SMILES string of the molecule is CCn1c(=O)c(-c2noc(C(=O)NC3CCCCCC3)n2)nn(-c2ccccc2)c1=O. The molecule has 162 valence electrons. The second kappa shape index (κ2) is 9.07. The lowest BCUT2D eigenvalue weighted by atomic mass is 10.1. The highest BCUT2D eigenvalue weighted by Crippen LogP contribution is 2.18. The van der Waals surface area contributed by atoms with Gasteiger partial charge in [-0.15, -0.1) is 0 Å². The fourth-order valence-electron chi connectivity index (χ4n) is 3.75. The van der Waals surface area contributed by atoms with Crippen molar-refractivity contribution in [1.29, 1.82) is 0 Å². The first-order valence-corrected chi connectivity index (χ1v) is 10.5. The number of rotatable bonds is 5. The number of carbonyl (C=O) groups is 1. The lowest BCUT2D eigenvalue weighted by molar-refractivity contribution is 0.0889. The molecule has 0 radical (unpaired) electrons. The van der Waals surface area contributed by atoms with Crippen LogP contribution in [0.4, 0.5) is 0 Å². The molecule has 0 unspecified atom stereocenters. The zero-order valence-corrected chi connectivity index (χ0v) is 17.3. The standard InChI is InChI=1S/C21H24N6O4/c1-2-26-20(29)16(24-27(21(26)30)15-12-8-5-9-13-15)17-23-19(31-25-17)18(28)22-14-10-6-3-4-7-11-14/h5,8-9,12-14H,2-4,6-7,10-11H2,1H3,(H,22,28). The number of aromatic nitrogens is 5. The summed E-state index contributed by atoms with van der Waals surface area (Å²) in [5, 5.41) is 10.9. The van der Waals surface area contributed by atoms with E-state index in [9.17, 15) is 14.4 Å². The molecule has 1 fully saturated rings. The Hall–Kier alpha value is -3.56. The average molecular weight is 424 g/mol. The molecule has 1 aliphatic rings. The summed E-state index contributed by atoms with van der Waals surface area (Å²) in [7, 11) is 0. The maximum atomic E-state index is 12.8. The second-order valence-electron chi connectivity index (χ2n) is 7.51. The third-order valence-corrected chi connectivity index (χ3v) is 5.40. The van der Waals surface area contributed by atoms with Crippen molar-refractivity contribution in [2.75, 3.05) is 0 Å². The minimum atomic E-state index is -0.642. The molecule has 10 heteroatoms. The molecule has 1 aliphatic carbocycles. The van der Waals surface area contributed by atoms with E-state index in [1.54, 1.807) is 31.2 Å². The highest BCUT2D eigenvalue weighted by molar-refractivity contribution is 5.90. The van der Waals surface area contributed by atoms with Gasteiger partial charge in [0.15, 0.2) is 5.69 Å². The van der Waals surface area contributed by atoms with Gasteiger partial charge in [-0.2, -0.15) is 14.8 Å². The first-order chi connectivity index (χ1) is 15.1. The quantitative estimate of drug-likeness (QED) is 0.620. The maximum Gasteiger partial charge on any atom is 0.352 e.